The zero-order valence-electron chi connectivity index (χ0n) is 8.90. The normalized spacial score (nSPS) is 11.7. The highest BCUT2D eigenvalue weighted by Crippen LogP contribution is 2.22. The number of rotatable bonds is 2. The molecule has 1 rings (SSSR count). The smallest absolute Gasteiger partial charge is 0.358 e. The fourth-order valence-electron chi connectivity index (χ4n) is 1.14. The molecule has 5 heteroatoms. The number of hydrogen-bond donors (Lipinski definition) is 1. The third-order valence-electron chi connectivity index (χ3n) is 1.85. The fraction of sp³-hybridized carbons (Fsp3) is 0.667. The minimum Gasteiger partial charge on any atom is -0.476 e. The van der Waals surface area contributed by atoms with Crippen LogP contribution in [-0.4, -0.2) is 26.1 Å². The van der Waals surface area contributed by atoms with Crippen LogP contribution in [0, 0.1) is 0 Å². The van der Waals surface area contributed by atoms with Crippen LogP contribution < -0.4 is 0 Å². The number of carboxylic acids is 1. The Balaban J connectivity index is 3.26. The molecule has 0 radical (unpaired) electrons. The van der Waals surface area contributed by atoms with Gasteiger partial charge < -0.3 is 5.11 Å². The highest BCUT2D eigenvalue weighted by atomic mass is 16.4. The van der Waals surface area contributed by atoms with E-state index in [1.165, 1.54) is 4.80 Å². The SMILES string of the molecule is CCn1nc(C(=O)O)c(C(C)(C)C)n1. The molecule has 1 aromatic heterocycles. The molecule has 0 saturated carbocycles. The summed E-state index contributed by atoms with van der Waals surface area (Å²) < 4.78 is 0. The van der Waals surface area contributed by atoms with Gasteiger partial charge in [0.1, 0.15) is 5.69 Å². The van der Waals surface area contributed by atoms with E-state index < -0.39 is 5.97 Å². The van der Waals surface area contributed by atoms with E-state index in [-0.39, 0.29) is 11.1 Å². The van der Waals surface area contributed by atoms with Gasteiger partial charge in [0.2, 0.25) is 0 Å². The Morgan fingerprint density at radius 2 is 2.00 bits per heavy atom. The Labute approximate surface area is 82.7 Å². The average molecular weight is 197 g/mol. The monoisotopic (exact) mass is 197 g/mol. The molecule has 0 aromatic carbocycles. The van der Waals surface area contributed by atoms with Crippen LogP contribution in [0.2, 0.25) is 0 Å². The topological polar surface area (TPSA) is 68.0 Å². The van der Waals surface area contributed by atoms with Gasteiger partial charge in [-0.15, -0.1) is 5.10 Å². The molecule has 0 aliphatic heterocycles. The number of aryl methyl sites for hydroxylation is 1. The van der Waals surface area contributed by atoms with Gasteiger partial charge in [-0.25, -0.2) is 4.79 Å². The third-order valence-corrected chi connectivity index (χ3v) is 1.85. The van der Waals surface area contributed by atoms with E-state index in [0.29, 0.717) is 12.2 Å². The summed E-state index contributed by atoms with van der Waals surface area (Å²) in [5, 5.41) is 17.0. The molecule has 14 heavy (non-hydrogen) atoms. The molecule has 0 saturated heterocycles. The molecule has 1 N–H and O–H groups in total. The van der Waals surface area contributed by atoms with Crippen LogP contribution >= 0.6 is 0 Å². The van der Waals surface area contributed by atoms with Gasteiger partial charge >= 0.3 is 5.97 Å². The largest absolute Gasteiger partial charge is 0.476 e. The van der Waals surface area contributed by atoms with E-state index in [0.717, 1.165) is 0 Å². The van der Waals surface area contributed by atoms with Crippen LogP contribution in [0.3, 0.4) is 0 Å². The van der Waals surface area contributed by atoms with E-state index in [1.807, 2.05) is 27.7 Å². The first-order chi connectivity index (χ1) is 6.36. The molecule has 1 aromatic rings. The van der Waals surface area contributed by atoms with Gasteiger partial charge in [0.15, 0.2) is 5.69 Å². The van der Waals surface area contributed by atoms with Crippen LogP contribution in [0.1, 0.15) is 43.9 Å². The van der Waals surface area contributed by atoms with Crippen molar-refractivity contribution in [1.29, 1.82) is 0 Å². The molecule has 0 aliphatic rings. The standard InChI is InChI=1S/C9H15N3O2/c1-5-12-10-6(8(13)14)7(11-12)9(2,3)4/h5H2,1-4H3,(H,13,14). The molecule has 0 fully saturated rings. The van der Waals surface area contributed by atoms with Gasteiger partial charge in [-0.1, -0.05) is 20.8 Å². The summed E-state index contributed by atoms with van der Waals surface area (Å²) in [6.07, 6.45) is 0. The fourth-order valence-corrected chi connectivity index (χ4v) is 1.14. The first-order valence-electron chi connectivity index (χ1n) is 4.55. The average Bonchev–Trinajstić information content (AvgIpc) is 2.46. The molecule has 0 amide bonds. The zero-order chi connectivity index (χ0) is 10.9. The summed E-state index contributed by atoms with van der Waals surface area (Å²) >= 11 is 0. The minimum absolute atomic E-state index is 0.0550. The molecule has 0 unspecified atom stereocenters. The summed E-state index contributed by atoms with van der Waals surface area (Å²) in [6.45, 7) is 8.21. The lowest BCUT2D eigenvalue weighted by Crippen LogP contribution is -2.17. The zero-order valence-corrected chi connectivity index (χ0v) is 8.90. The highest BCUT2D eigenvalue weighted by molar-refractivity contribution is 5.86. The molecule has 0 bridgehead atoms. The number of carbonyl (C=O) groups is 1. The summed E-state index contributed by atoms with van der Waals surface area (Å²) in [4.78, 5) is 12.3. The first-order valence-corrected chi connectivity index (χ1v) is 4.55. The van der Waals surface area contributed by atoms with Gasteiger partial charge in [0, 0.05) is 5.41 Å². The lowest BCUT2D eigenvalue weighted by atomic mass is 9.91. The van der Waals surface area contributed by atoms with Crippen LogP contribution in [0.5, 0.6) is 0 Å². The van der Waals surface area contributed by atoms with Crippen molar-refractivity contribution in [2.75, 3.05) is 0 Å². The van der Waals surface area contributed by atoms with Gasteiger partial charge in [-0.2, -0.15) is 9.90 Å². The molecule has 5 nitrogen and oxygen atoms in total. The molecule has 1 heterocycles. The second-order valence-corrected chi connectivity index (χ2v) is 4.14. The quantitative estimate of drug-likeness (QED) is 0.775. The van der Waals surface area contributed by atoms with Gasteiger partial charge in [-0.05, 0) is 6.92 Å². The Bertz CT molecular complexity index is 349. The van der Waals surface area contributed by atoms with E-state index in [9.17, 15) is 4.79 Å². The molecule has 0 aliphatic carbocycles. The van der Waals surface area contributed by atoms with Gasteiger partial charge in [-0.3, -0.25) is 0 Å². The Kier molecular flexibility index (Phi) is 2.59. The molecular weight excluding hydrogens is 182 g/mol. The minimum atomic E-state index is -1.02. The molecule has 0 spiro atoms. The maximum atomic E-state index is 10.9. The third kappa shape index (κ3) is 1.92. The maximum absolute atomic E-state index is 10.9. The number of hydrogen-bond acceptors (Lipinski definition) is 3. The van der Waals surface area contributed by atoms with Crippen LogP contribution in [0.4, 0.5) is 0 Å². The summed E-state index contributed by atoms with van der Waals surface area (Å²) in [5.41, 5.74) is 0.299. The van der Waals surface area contributed by atoms with E-state index in [1.54, 1.807) is 0 Å². The van der Waals surface area contributed by atoms with Crippen molar-refractivity contribution in [2.45, 2.75) is 39.7 Å². The second kappa shape index (κ2) is 3.40. The number of carboxylic acid groups (broad SMARTS) is 1. The van der Waals surface area contributed by atoms with Gasteiger partial charge in [0.05, 0.1) is 6.54 Å². The number of aromatic nitrogens is 3. The number of aromatic carboxylic acids is 1. The first kappa shape index (κ1) is 10.7. The van der Waals surface area contributed by atoms with Crippen LogP contribution in [0.15, 0.2) is 0 Å². The lowest BCUT2D eigenvalue weighted by Gasteiger charge is -2.14. The second-order valence-electron chi connectivity index (χ2n) is 4.14. The Hall–Kier alpha value is -1.39. The molecule has 78 valence electrons. The van der Waals surface area contributed by atoms with Crippen molar-refractivity contribution in [3.8, 4) is 0 Å². The summed E-state index contributed by atoms with van der Waals surface area (Å²) in [6, 6.07) is 0. The lowest BCUT2D eigenvalue weighted by molar-refractivity contribution is 0.0687. The van der Waals surface area contributed by atoms with Crippen molar-refractivity contribution < 1.29 is 9.90 Å². The highest BCUT2D eigenvalue weighted by Gasteiger charge is 2.27. The summed E-state index contributed by atoms with van der Waals surface area (Å²) in [5.74, 6) is -1.02. The van der Waals surface area contributed by atoms with E-state index in [4.69, 9.17) is 5.11 Å². The predicted octanol–water partition coefficient (Wildman–Crippen LogP) is 1.29. The molecule has 0 atom stereocenters. The number of nitrogens with zero attached hydrogens (tertiary/aromatic N) is 3. The molecular formula is C9H15N3O2. The maximum Gasteiger partial charge on any atom is 0.358 e. The van der Waals surface area contributed by atoms with Crippen molar-refractivity contribution >= 4 is 5.97 Å². The van der Waals surface area contributed by atoms with Crippen molar-refractivity contribution in [2.24, 2.45) is 0 Å². The van der Waals surface area contributed by atoms with Crippen molar-refractivity contribution in [1.82, 2.24) is 15.0 Å². The Morgan fingerprint density at radius 1 is 1.43 bits per heavy atom. The van der Waals surface area contributed by atoms with Crippen LogP contribution in [-0.2, 0) is 12.0 Å². The summed E-state index contributed by atoms with van der Waals surface area (Å²) in [7, 11) is 0. The predicted molar refractivity (Wildman–Crippen MR) is 51.4 cm³/mol. The van der Waals surface area contributed by atoms with Crippen molar-refractivity contribution in [3.05, 3.63) is 11.4 Å². The van der Waals surface area contributed by atoms with Gasteiger partial charge in [0.25, 0.3) is 0 Å². The Morgan fingerprint density at radius 3 is 2.29 bits per heavy atom. The van der Waals surface area contributed by atoms with E-state index in [2.05, 4.69) is 10.2 Å². The van der Waals surface area contributed by atoms with Crippen LogP contribution in [0.25, 0.3) is 0 Å². The van der Waals surface area contributed by atoms with E-state index >= 15 is 0 Å². The van der Waals surface area contributed by atoms with Crippen molar-refractivity contribution in [3.63, 3.8) is 0 Å².